The number of esters is 2. The Balaban J connectivity index is 1.18. The lowest BCUT2D eigenvalue weighted by Crippen LogP contribution is -2.75. The second-order valence-electron chi connectivity index (χ2n) is 16.6. The molecule has 298 valence electrons. The molecule has 3 aromatic carbocycles. The van der Waals surface area contributed by atoms with Crippen LogP contribution >= 0.6 is 11.8 Å². The molecule has 2 bridgehead atoms. The van der Waals surface area contributed by atoms with E-state index in [2.05, 4.69) is 23.2 Å². The first-order valence-corrected chi connectivity index (χ1v) is 20.5. The lowest BCUT2D eigenvalue weighted by molar-refractivity contribution is -0.249. The fourth-order valence-corrected chi connectivity index (χ4v) is 13.2. The number of hydrogen-bond donors (Lipinski definition) is 4. The maximum absolute atomic E-state index is 14.9. The van der Waals surface area contributed by atoms with Crippen molar-refractivity contribution in [2.45, 2.75) is 93.3 Å². The van der Waals surface area contributed by atoms with Crippen molar-refractivity contribution < 1.29 is 53.0 Å². The van der Waals surface area contributed by atoms with Crippen LogP contribution in [0.1, 0.15) is 82.3 Å². The number of aliphatic hydroxyl groups excluding tert-OH is 2. The quantitative estimate of drug-likeness (QED) is 0.171. The summed E-state index contributed by atoms with van der Waals surface area (Å²) in [5.74, 6) is 1.06. The van der Waals surface area contributed by atoms with Gasteiger partial charge in [0.1, 0.15) is 29.9 Å². The van der Waals surface area contributed by atoms with Crippen LogP contribution in [0, 0.1) is 13.8 Å². The number of nitrogens with zero attached hydrogens (tertiary/aromatic N) is 2. The molecule has 0 amide bonds. The molecule has 0 radical (unpaired) electrons. The number of carbonyl (C=O) groups excluding carboxylic acids is 2. The molecule has 15 heteroatoms. The monoisotopic (exact) mass is 797 g/mol. The van der Waals surface area contributed by atoms with Gasteiger partial charge in [-0.15, -0.1) is 11.8 Å². The van der Waals surface area contributed by atoms with Crippen LogP contribution in [0.25, 0.3) is 11.0 Å². The van der Waals surface area contributed by atoms with E-state index in [0.717, 1.165) is 27.6 Å². The first-order chi connectivity index (χ1) is 27.4. The topological polar surface area (TPSA) is 173 Å². The van der Waals surface area contributed by atoms with Gasteiger partial charge in [0.05, 0.1) is 37.1 Å². The molecule has 14 nitrogen and oxygen atoms in total. The molecule has 3 fully saturated rings. The highest BCUT2D eigenvalue weighted by Crippen LogP contribution is 2.70. The number of nitrogens with one attached hydrogen (secondary N) is 1. The number of aromatic hydroxyl groups is 1. The predicted molar refractivity (Wildman–Crippen MR) is 204 cm³/mol. The predicted octanol–water partition coefficient (Wildman–Crippen LogP) is 4.25. The number of ether oxygens (including phenoxy) is 5. The van der Waals surface area contributed by atoms with Crippen LogP contribution in [0.4, 0.5) is 0 Å². The average molecular weight is 798 g/mol. The molecule has 4 aromatic rings. The second-order valence-corrected chi connectivity index (χ2v) is 17.7. The van der Waals surface area contributed by atoms with Crippen LogP contribution < -0.4 is 24.3 Å². The fourth-order valence-electron chi connectivity index (χ4n) is 11.5. The van der Waals surface area contributed by atoms with Crippen molar-refractivity contribution in [2.75, 3.05) is 32.9 Å². The number of methoxy groups -OCH3 is 1. The lowest BCUT2D eigenvalue weighted by atomic mass is 9.72. The van der Waals surface area contributed by atoms with Crippen molar-refractivity contribution >= 4 is 34.7 Å². The van der Waals surface area contributed by atoms with Gasteiger partial charge >= 0.3 is 11.9 Å². The lowest BCUT2D eigenvalue weighted by Gasteiger charge is -2.67. The number of rotatable bonds is 3. The summed E-state index contributed by atoms with van der Waals surface area (Å²) in [5.41, 5.74) is 3.82. The average Bonchev–Trinajstić information content (AvgIpc) is 3.88. The van der Waals surface area contributed by atoms with Gasteiger partial charge < -0.3 is 43.4 Å². The Morgan fingerprint density at radius 2 is 1.89 bits per heavy atom. The number of thioether (sulfide) groups is 1. The first-order valence-electron chi connectivity index (χ1n) is 19.4. The van der Waals surface area contributed by atoms with Crippen LogP contribution in [0.15, 0.2) is 34.7 Å². The Hall–Kier alpha value is -4.51. The van der Waals surface area contributed by atoms with E-state index in [4.69, 9.17) is 28.1 Å². The number of furan rings is 1. The first kappa shape index (κ1) is 35.6. The van der Waals surface area contributed by atoms with Crippen molar-refractivity contribution in [1.29, 1.82) is 0 Å². The minimum atomic E-state index is -1.53. The summed E-state index contributed by atoms with van der Waals surface area (Å²) in [6, 6.07) is 7.06. The summed E-state index contributed by atoms with van der Waals surface area (Å²) in [7, 11) is 1.55. The second kappa shape index (κ2) is 12.0. The zero-order valence-electron chi connectivity index (χ0n) is 32.1. The van der Waals surface area contributed by atoms with Gasteiger partial charge in [0.25, 0.3) is 0 Å². The van der Waals surface area contributed by atoms with Gasteiger partial charge in [-0.25, -0.2) is 4.79 Å². The molecular weight excluding hydrogens is 755 g/mol. The van der Waals surface area contributed by atoms with Gasteiger partial charge in [-0.05, 0) is 56.9 Å². The third kappa shape index (κ3) is 4.39. The SMILES string of the molecule is COc1c(C)cc2c(c1O)[C@@H]1[C@@H]3[C@@H]4SC[C@]5(N[C@@H](CO)Cc6c5oc5ccccc65)C(=O)OC[C@@H](c5c6c(c(C)c(OC(C)=O)c54)OCO6)N3[C@@H](O)[C@H]3C[C@@]2(C)N31. The molecule has 3 saturated heterocycles. The van der Waals surface area contributed by atoms with Crippen LogP contribution in [0.2, 0.25) is 0 Å². The molecule has 0 saturated carbocycles. The molecule has 0 unspecified atom stereocenters. The number of para-hydroxylation sites is 1. The normalized spacial score (nSPS) is 33.2. The fraction of sp³-hybridized carbons (Fsp3) is 0.476. The maximum atomic E-state index is 14.9. The summed E-state index contributed by atoms with van der Waals surface area (Å²) in [6.45, 7) is 6.75. The number of aryl methyl sites for hydroxylation is 1. The van der Waals surface area contributed by atoms with Gasteiger partial charge in [0, 0.05) is 63.5 Å². The van der Waals surface area contributed by atoms with E-state index in [9.17, 15) is 24.9 Å². The smallest absolute Gasteiger partial charge is 0.335 e. The van der Waals surface area contributed by atoms with Crippen molar-refractivity contribution in [3.05, 3.63) is 75.0 Å². The van der Waals surface area contributed by atoms with Crippen molar-refractivity contribution in [3.8, 4) is 28.7 Å². The molecule has 4 N–H and O–H groups in total. The van der Waals surface area contributed by atoms with Crippen molar-refractivity contribution in [1.82, 2.24) is 15.1 Å². The molecule has 9 atom stereocenters. The standard InChI is InChI=1S/C42H43N3O11S/c1-17-10-23-27(32(48)33(17)51-5)30-31-37-29-28(36-35(53-16-54-36)18(2)34(29)55-19(3)47)25(44(31)39(49)24-12-41(23,4)45(24)30)14-52-40(50)42(15-57-37)38-22(11-20(13-46)43-42)21-8-6-7-9-26(21)56-38/h6-10,20,24-25,30-31,37,39,43,46,48-49H,11-16H2,1-5H3/t20-,24-,25+,30-,31-,37-,39+,41-,42-/m1/s1. The van der Waals surface area contributed by atoms with Crippen LogP contribution in [-0.4, -0.2) is 94.3 Å². The van der Waals surface area contributed by atoms with Gasteiger partial charge in [-0.3, -0.25) is 19.9 Å². The van der Waals surface area contributed by atoms with E-state index in [1.54, 1.807) is 7.11 Å². The minimum Gasteiger partial charge on any atom is -0.504 e. The number of fused-ring (bicyclic) bond motifs is 10. The van der Waals surface area contributed by atoms with Gasteiger partial charge in [-0.1, -0.05) is 18.2 Å². The van der Waals surface area contributed by atoms with E-state index >= 15 is 0 Å². The molecular formula is C42H43N3O11S. The molecule has 1 aromatic heterocycles. The van der Waals surface area contributed by atoms with Crippen LogP contribution in [0.5, 0.6) is 28.7 Å². The molecule has 8 aliphatic rings. The molecule has 57 heavy (non-hydrogen) atoms. The van der Waals surface area contributed by atoms with E-state index in [0.29, 0.717) is 63.9 Å². The number of carbonyl (C=O) groups is 2. The highest BCUT2D eigenvalue weighted by atomic mass is 32.2. The minimum absolute atomic E-state index is 0.0537. The molecule has 1 spiro atoms. The number of hydrogen-bond acceptors (Lipinski definition) is 15. The van der Waals surface area contributed by atoms with E-state index in [1.165, 1.54) is 18.7 Å². The van der Waals surface area contributed by atoms with E-state index < -0.39 is 58.7 Å². The van der Waals surface area contributed by atoms with Gasteiger partial charge in [0.15, 0.2) is 28.5 Å². The summed E-state index contributed by atoms with van der Waals surface area (Å²) < 4.78 is 37.3. The zero-order valence-corrected chi connectivity index (χ0v) is 32.9. The van der Waals surface area contributed by atoms with E-state index in [1.807, 2.05) is 43.0 Å². The van der Waals surface area contributed by atoms with Crippen molar-refractivity contribution in [3.63, 3.8) is 0 Å². The molecule has 0 aliphatic carbocycles. The Labute approximate surface area is 331 Å². The highest BCUT2D eigenvalue weighted by molar-refractivity contribution is 7.99. The largest absolute Gasteiger partial charge is 0.504 e. The van der Waals surface area contributed by atoms with E-state index in [-0.39, 0.29) is 37.6 Å². The summed E-state index contributed by atoms with van der Waals surface area (Å²) in [4.78, 5) is 32.3. The summed E-state index contributed by atoms with van der Waals surface area (Å²) in [5, 5.41) is 39.2. The number of aliphatic hydroxyl groups is 2. The molecule has 12 rings (SSSR count). The molecule has 8 aliphatic heterocycles. The Morgan fingerprint density at radius 3 is 2.67 bits per heavy atom. The van der Waals surface area contributed by atoms with Crippen LogP contribution in [-0.2, 0) is 31.8 Å². The summed E-state index contributed by atoms with van der Waals surface area (Å²) >= 11 is 1.45. The van der Waals surface area contributed by atoms with Crippen LogP contribution in [0.3, 0.4) is 0 Å². The Morgan fingerprint density at radius 1 is 1.11 bits per heavy atom. The third-order valence-corrected chi connectivity index (χ3v) is 15.2. The molecule has 9 heterocycles. The zero-order chi connectivity index (χ0) is 39.4. The number of benzene rings is 3. The number of phenolic OH excluding ortho intramolecular Hbond substituents is 1. The van der Waals surface area contributed by atoms with Gasteiger partial charge in [-0.2, -0.15) is 0 Å². The van der Waals surface area contributed by atoms with Crippen molar-refractivity contribution in [2.24, 2.45) is 0 Å². The number of phenols is 1. The summed E-state index contributed by atoms with van der Waals surface area (Å²) in [6.07, 6.45) is 0.0446. The van der Waals surface area contributed by atoms with Gasteiger partial charge in [0.2, 0.25) is 6.79 Å². The third-order valence-electron chi connectivity index (χ3n) is 13.7. The highest BCUT2D eigenvalue weighted by Gasteiger charge is 2.71. The maximum Gasteiger partial charge on any atom is 0.335 e. The Bertz CT molecular complexity index is 2450. The Kier molecular flexibility index (Phi) is 7.52. The number of piperazine rings is 1.